The SMILES string of the molecule is CN1C(=O)C(c2nccc3c2[nH]c2ccccc23)C(=O)N(C)C1=O. The van der Waals surface area contributed by atoms with Crippen LogP contribution in [0.3, 0.4) is 0 Å². The number of pyridine rings is 1. The molecule has 1 fully saturated rings. The zero-order valence-electron chi connectivity index (χ0n) is 13.1. The monoisotopic (exact) mass is 322 g/mol. The molecule has 1 aliphatic heterocycles. The molecule has 0 atom stereocenters. The quantitative estimate of drug-likeness (QED) is 0.693. The molecule has 3 aromatic rings. The normalized spacial score (nSPS) is 16.7. The minimum Gasteiger partial charge on any atom is -0.353 e. The fourth-order valence-electron chi connectivity index (χ4n) is 3.15. The van der Waals surface area contributed by atoms with Crippen LogP contribution in [0.25, 0.3) is 21.8 Å². The molecule has 0 saturated carbocycles. The molecule has 3 heterocycles. The summed E-state index contributed by atoms with van der Waals surface area (Å²) < 4.78 is 0. The topological polar surface area (TPSA) is 86.4 Å². The second kappa shape index (κ2) is 4.89. The summed E-state index contributed by atoms with van der Waals surface area (Å²) in [5, 5.41) is 1.88. The van der Waals surface area contributed by atoms with Gasteiger partial charge in [0.1, 0.15) is 0 Å². The molecule has 4 amide bonds. The van der Waals surface area contributed by atoms with E-state index < -0.39 is 23.8 Å². The zero-order chi connectivity index (χ0) is 17.0. The van der Waals surface area contributed by atoms with Crippen molar-refractivity contribution < 1.29 is 14.4 Å². The van der Waals surface area contributed by atoms with E-state index in [9.17, 15) is 14.4 Å². The first-order valence-electron chi connectivity index (χ1n) is 7.45. The van der Waals surface area contributed by atoms with Crippen LogP contribution in [0.2, 0.25) is 0 Å². The number of barbiturate groups is 1. The minimum atomic E-state index is -1.13. The maximum Gasteiger partial charge on any atom is 0.332 e. The summed E-state index contributed by atoms with van der Waals surface area (Å²) in [4.78, 5) is 46.4. The zero-order valence-corrected chi connectivity index (χ0v) is 13.1. The molecular formula is C17H14N4O3. The summed E-state index contributed by atoms with van der Waals surface area (Å²) in [6, 6.07) is 8.92. The average molecular weight is 322 g/mol. The maximum absolute atomic E-state index is 12.6. The highest BCUT2D eigenvalue weighted by Crippen LogP contribution is 2.32. The van der Waals surface area contributed by atoms with E-state index in [1.165, 1.54) is 14.1 Å². The predicted octanol–water partition coefficient (Wildman–Crippen LogP) is 1.85. The lowest BCUT2D eigenvalue weighted by Crippen LogP contribution is -2.55. The molecule has 4 rings (SSSR count). The average Bonchev–Trinajstić information content (AvgIpc) is 2.98. The molecule has 24 heavy (non-hydrogen) atoms. The lowest BCUT2D eigenvalue weighted by molar-refractivity contribution is -0.143. The molecular weight excluding hydrogens is 308 g/mol. The van der Waals surface area contributed by atoms with E-state index in [0.29, 0.717) is 11.2 Å². The smallest absolute Gasteiger partial charge is 0.332 e. The van der Waals surface area contributed by atoms with E-state index in [1.807, 2.05) is 30.3 Å². The van der Waals surface area contributed by atoms with Gasteiger partial charge >= 0.3 is 6.03 Å². The number of benzene rings is 1. The van der Waals surface area contributed by atoms with Crippen LogP contribution in [0.1, 0.15) is 11.6 Å². The van der Waals surface area contributed by atoms with Crippen LogP contribution in [0.4, 0.5) is 4.79 Å². The second-order valence-corrected chi connectivity index (χ2v) is 5.80. The lowest BCUT2D eigenvalue weighted by Gasteiger charge is -2.32. The number of urea groups is 1. The Hall–Kier alpha value is -3.22. The number of aromatic nitrogens is 2. The van der Waals surface area contributed by atoms with Crippen LogP contribution in [-0.2, 0) is 9.59 Å². The molecule has 1 saturated heterocycles. The van der Waals surface area contributed by atoms with Gasteiger partial charge in [0.2, 0.25) is 11.8 Å². The van der Waals surface area contributed by atoms with Crippen molar-refractivity contribution in [2.45, 2.75) is 5.92 Å². The van der Waals surface area contributed by atoms with Crippen molar-refractivity contribution in [1.82, 2.24) is 19.8 Å². The molecule has 0 aliphatic carbocycles. The van der Waals surface area contributed by atoms with Crippen molar-refractivity contribution in [3.05, 3.63) is 42.2 Å². The van der Waals surface area contributed by atoms with Crippen molar-refractivity contribution >= 4 is 39.7 Å². The standard InChI is InChI=1S/C17H14N4O3/c1-20-15(22)12(16(23)21(2)17(20)24)14-13-10(7-8-18-14)9-5-3-4-6-11(9)19-13/h3-8,12,19H,1-2H3. The number of nitrogens with zero attached hydrogens (tertiary/aromatic N) is 3. The van der Waals surface area contributed by atoms with Crippen LogP contribution in [0.5, 0.6) is 0 Å². The van der Waals surface area contributed by atoms with Crippen molar-refractivity contribution in [1.29, 1.82) is 0 Å². The highest BCUT2D eigenvalue weighted by atomic mass is 16.2. The van der Waals surface area contributed by atoms with E-state index in [-0.39, 0.29) is 0 Å². The minimum absolute atomic E-state index is 0.338. The number of rotatable bonds is 1. The molecule has 0 spiro atoms. The van der Waals surface area contributed by atoms with Gasteiger partial charge in [-0.1, -0.05) is 18.2 Å². The van der Waals surface area contributed by atoms with Crippen molar-refractivity contribution in [2.75, 3.05) is 14.1 Å². The van der Waals surface area contributed by atoms with Gasteiger partial charge in [0.15, 0.2) is 5.92 Å². The first-order chi connectivity index (χ1) is 11.5. The third-order valence-electron chi connectivity index (χ3n) is 4.46. The summed E-state index contributed by atoms with van der Waals surface area (Å²) in [5.74, 6) is -2.27. The van der Waals surface area contributed by atoms with E-state index in [0.717, 1.165) is 26.1 Å². The van der Waals surface area contributed by atoms with E-state index in [1.54, 1.807) is 6.20 Å². The Morgan fingerprint density at radius 3 is 2.33 bits per heavy atom. The Kier molecular flexibility index (Phi) is 2.93. The number of fused-ring (bicyclic) bond motifs is 3. The molecule has 1 aliphatic rings. The van der Waals surface area contributed by atoms with Gasteiger partial charge in [-0.05, 0) is 12.1 Å². The molecule has 120 valence electrons. The number of H-pyrrole nitrogens is 1. The van der Waals surface area contributed by atoms with Crippen LogP contribution < -0.4 is 0 Å². The number of imide groups is 2. The second-order valence-electron chi connectivity index (χ2n) is 5.80. The molecule has 0 unspecified atom stereocenters. The van der Waals surface area contributed by atoms with Crippen molar-refractivity contribution in [3.8, 4) is 0 Å². The van der Waals surface area contributed by atoms with E-state index >= 15 is 0 Å². The van der Waals surface area contributed by atoms with Gasteiger partial charge in [0, 0.05) is 36.6 Å². The van der Waals surface area contributed by atoms with Crippen LogP contribution >= 0.6 is 0 Å². The number of hydrogen-bond donors (Lipinski definition) is 1. The van der Waals surface area contributed by atoms with Gasteiger partial charge in [-0.2, -0.15) is 0 Å². The summed E-state index contributed by atoms with van der Waals surface area (Å²) in [7, 11) is 2.73. The molecule has 7 nitrogen and oxygen atoms in total. The number of nitrogens with one attached hydrogen (secondary N) is 1. The Morgan fingerprint density at radius 2 is 1.62 bits per heavy atom. The Morgan fingerprint density at radius 1 is 0.958 bits per heavy atom. The third kappa shape index (κ3) is 1.78. The lowest BCUT2D eigenvalue weighted by atomic mass is 9.97. The molecule has 1 aromatic carbocycles. The predicted molar refractivity (Wildman–Crippen MR) is 87.3 cm³/mol. The van der Waals surface area contributed by atoms with Gasteiger partial charge in [-0.15, -0.1) is 0 Å². The number of carbonyl (C=O) groups is 3. The number of carbonyl (C=O) groups excluding carboxylic acids is 3. The molecule has 2 aromatic heterocycles. The Labute approximate surface area is 136 Å². The summed E-state index contributed by atoms with van der Waals surface area (Å²) in [6.45, 7) is 0. The van der Waals surface area contributed by atoms with Gasteiger partial charge < -0.3 is 4.98 Å². The number of likely N-dealkylation sites (N-methyl/N-ethyl adjacent to an activating group) is 2. The highest BCUT2D eigenvalue weighted by Gasteiger charge is 2.45. The largest absolute Gasteiger partial charge is 0.353 e. The molecule has 1 N–H and O–H groups in total. The molecule has 0 bridgehead atoms. The van der Waals surface area contributed by atoms with E-state index in [2.05, 4.69) is 9.97 Å². The van der Waals surface area contributed by atoms with Gasteiger partial charge in [-0.3, -0.25) is 24.4 Å². The number of para-hydroxylation sites is 1. The van der Waals surface area contributed by atoms with Crippen molar-refractivity contribution in [3.63, 3.8) is 0 Å². The summed E-state index contributed by atoms with van der Waals surface area (Å²) in [6.07, 6.45) is 1.58. The van der Waals surface area contributed by atoms with E-state index in [4.69, 9.17) is 0 Å². The maximum atomic E-state index is 12.6. The fraction of sp³-hybridized carbons (Fsp3) is 0.176. The van der Waals surface area contributed by atoms with Gasteiger partial charge in [-0.25, -0.2) is 4.79 Å². The Bertz CT molecular complexity index is 999. The highest BCUT2D eigenvalue weighted by molar-refractivity contribution is 6.20. The van der Waals surface area contributed by atoms with Gasteiger partial charge in [0.05, 0.1) is 11.2 Å². The Balaban J connectivity index is 1.97. The fourth-order valence-corrected chi connectivity index (χ4v) is 3.15. The number of amides is 4. The van der Waals surface area contributed by atoms with Crippen molar-refractivity contribution in [2.24, 2.45) is 0 Å². The van der Waals surface area contributed by atoms with Crippen LogP contribution in [-0.4, -0.2) is 51.7 Å². The third-order valence-corrected chi connectivity index (χ3v) is 4.46. The number of aromatic amines is 1. The summed E-state index contributed by atoms with van der Waals surface area (Å²) >= 11 is 0. The summed E-state index contributed by atoms with van der Waals surface area (Å²) in [5.41, 5.74) is 1.88. The number of hydrogen-bond acceptors (Lipinski definition) is 4. The first kappa shape index (κ1) is 14.4. The van der Waals surface area contributed by atoms with Gasteiger partial charge in [0.25, 0.3) is 0 Å². The van der Waals surface area contributed by atoms with Crippen LogP contribution in [0, 0.1) is 0 Å². The molecule has 7 heteroatoms. The first-order valence-corrected chi connectivity index (χ1v) is 7.45. The molecule has 0 radical (unpaired) electrons. The van der Waals surface area contributed by atoms with Crippen LogP contribution in [0.15, 0.2) is 36.5 Å².